The lowest BCUT2D eigenvalue weighted by Gasteiger charge is -2.48. The topological polar surface area (TPSA) is 100 Å². The number of carbonyl (C=O) groups excluding carboxylic acids is 2. The van der Waals surface area contributed by atoms with Gasteiger partial charge < -0.3 is 25.2 Å². The SMILES string of the molecule is O=C(CNC(=O)c1cccc(C(F)(F)F)c1)NC1CN(C2CCC(O)(c3ccc4c(c3)OCO4)CC2)C1. The third kappa shape index (κ3) is 5.52. The second-order valence-electron chi connectivity index (χ2n) is 9.81. The van der Waals surface area contributed by atoms with Crippen LogP contribution >= 0.6 is 0 Å². The molecule has 0 unspecified atom stereocenters. The van der Waals surface area contributed by atoms with Gasteiger partial charge in [0.2, 0.25) is 12.7 Å². The standard InChI is InChI=1S/C26H28F3N3O5/c27-26(28,29)18-3-1-2-16(10-18)24(34)30-12-23(33)31-19-13-32(14-19)20-6-8-25(35,9-7-20)17-4-5-21-22(11-17)37-15-36-21/h1-5,10-11,19-20,35H,6-9,12-15H2,(H,30,34)(H,31,33). The van der Waals surface area contributed by atoms with Crippen molar-refractivity contribution in [3.8, 4) is 11.5 Å². The normalized spacial score (nSPS) is 23.8. The Morgan fingerprint density at radius 2 is 1.78 bits per heavy atom. The molecule has 0 bridgehead atoms. The van der Waals surface area contributed by atoms with Crippen LogP contribution < -0.4 is 20.1 Å². The molecule has 0 aromatic heterocycles. The highest BCUT2D eigenvalue weighted by Crippen LogP contribution is 2.43. The van der Waals surface area contributed by atoms with Gasteiger partial charge >= 0.3 is 6.18 Å². The van der Waals surface area contributed by atoms with Crippen LogP contribution in [-0.4, -0.2) is 60.3 Å². The minimum absolute atomic E-state index is 0.0624. The molecule has 198 valence electrons. The molecule has 2 heterocycles. The lowest BCUT2D eigenvalue weighted by Crippen LogP contribution is -2.63. The number of fused-ring (bicyclic) bond motifs is 1. The molecule has 37 heavy (non-hydrogen) atoms. The maximum absolute atomic E-state index is 12.8. The molecule has 0 radical (unpaired) electrons. The van der Waals surface area contributed by atoms with Gasteiger partial charge in [-0.2, -0.15) is 13.2 Å². The lowest BCUT2D eigenvalue weighted by molar-refractivity contribution is -0.137. The highest BCUT2D eigenvalue weighted by Gasteiger charge is 2.41. The number of rotatable bonds is 6. The highest BCUT2D eigenvalue weighted by molar-refractivity contribution is 5.96. The molecule has 2 aromatic carbocycles. The van der Waals surface area contributed by atoms with Crippen LogP contribution in [0.1, 0.15) is 47.2 Å². The van der Waals surface area contributed by atoms with Crippen molar-refractivity contribution >= 4 is 11.8 Å². The molecule has 2 aliphatic heterocycles. The summed E-state index contributed by atoms with van der Waals surface area (Å²) >= 11 is 0. The summed E-state index contributed by atoms with van der Waals surface area (Å²) in [6, 6.07) is 9.87. The summed E-state index contributed by atoms with van der Waals surface area (Å²) in [5.74, 6) is 0.199. The molecule has 2 fully saturated rings. The van der Waals surface area contributed by atoms with Crippen LogP contribution in [0.5, 0.6) is 11.5 Å². The number of benzene rings is 2. The number of hydrogen-bond donors (Lipinski definition) is 3. The Hall–Kier alpha value is -3.31. The molecule has 3 aliphatic rings. The zero-order valence-corrected chi connectivity index (χ0v) is 20.0. The summed E-state index contributed by atoms with van der Waals surface area (Å²) in [7, 11) is 0. The quantitative estimate of drug-likeness (QED) is 0.543. The molecule has 11 heteroatoms. The summed E-state index contributed by atoms with van der Waals surface area (Å²) < 4.78 is 49.3. The fraction of sp³-hybridized carbons (Fsp3) is 0.462. The van der Waals surface area contributed by atoms with Gasteiger partial charge in [0.05, 0.1) is 23.8 Å². The second-order valence-corrected chi connectivity index (χ2v) is 9.81. The first-order valence-corrected chi connectivity index (χ1v) is 12.2. The molecule has 0 atom stereocenters. The minimum atomic E-state index is -4.55. The summed E-state index contributed by atoms with van der Waals surface area (Å²) in [6.07, 6.45) is -1.68. The Bertz CT molecular complexity index is 1170. The van der Waals surface area contributed by atoms with E-state index in [9.17, 15) is 27.9 Å². The van der Waals surface area contributed by atoms with E-state index in [1.54, 1.807) is 0 Å². The maximum atomic E-state index is 12.8. The molecule has 3 N–H and O–H groups in total. The molecular weight excluding hydrogens is 491 g/mol. The molecule has 0 spiro atoms. The van der Waals surface area contributed by atoms with Gasteiger partial charge in [0, 0.05) is 24.7 Å². The van der Waals surface area contributed by atoms with E-state index in [1.165, 1.54) is 6.07 Å². The zero-order valence-electron chi connectivity index (χ0n) is 20.0. The predicted octanol–water partition coefficient (Wildman–Crippen LogP) is 2.79. The van der Waals surface area contributed by atoms with Gasteiger partial charge in [-0.3, -0.25) is 14.5 Å². The molecule has 2 amide bonds. The number of ether oxygens (including phenoxy) is 2. The molecular formula is C26H28F3N3O5. The van der Waals surface area contributed by atoms with Gasteiger partial charge in [-0.25, -0.2) is 0 Å². The molecule has 1 aliphatic carbocycles. The summed E-state index contributed by atoms with van der Waals surface area (Å²) in [6.45, 7) is 1.20. The Morgan fingerprint density at radius 3 is 2.51 bits per heavy atom. The van der Waals surface area contributed by atoms with Crippen LogP contribution in [0.4, 0.5) is 13.2 Å². The van der Waals surface area contributed by atoms with E-state index in [-0.39, 0.29) is 24.9 Å². The van der Waals surface area contributed by atoms with E-state index >= 15 is 0 Å². The van der Waals surface area contributed by atoms with E-state index in [1.807, 2.05) is 18.2 Å². The van der Waals surface area contributed by atoms with Crippen LogP contribution in [0.15, 0.2) is 42.5 Å². The number of alkyl halides is 3. The molecule has 5 rings (SSSR count). The first-order chi connectivity index (χ1) is 17.6. The van der Waals surface area contributed by atoms with Crippen molar-refractivity contribution in [2.24, 2.45) is 0 Å². The van der Waals surface area contributed by atoms with Gasteiger partial charge in [-0.05, 0) is 61.6 Å². The molecule has 1 saturated heterocycles. The van der Waals surface area contributed by atoms with Gasteiger partial charge in [-0.15, -0.1) is 0 Å². The smallest absolute Gasteiger partial charge is 0.416 e. The number of halogens is 3. The molecule has 8 nitrogen and oxygen atoms in total. The number of likely N-dealkylation sites (tertiary alicyclic amines) is 1. The van der Waals surface area contributed by atoms with E-state index in [0.29, 0.717) is 43.5 Å². The Labute approximate surface area is 211 Å². The first-order valence-electron chi connectivity index (χ1n) is 12.2. The molecule has 1 saturated carbocycles. The van der Waals surface area contributed by atoms with Gasteiger partial charge in [-0.1, -0.05) is 12.1 Å². The monoisotopic (exact) mass is 519 g/mol. The average Bonchev–Trinajstić information content (AvgIpc) is 3.33. The van der Waals surface area contributed by atoms with Crippen molar-refractivity contribution in [1.29, 1.82) is 0 Å². The third-order valence-corrected chi connectivity index (χ3v) is 7.35. The molecule has 2 aromatic rings. The second kappa shape index (κ2) is 9.86. The van der Waals surface area contributed by atoms with Crippen LogP contribution in [0, 0.1) is 0 Å². The number of nitrogens with zero attached hydrogens (tertiary/aromatic N) is 1. The Balaban J connectivity index is 1.04. The predicted molar refractivity (Wildman–Crippen MR) is 126 cm³/mol. The van der Waals surface area contributed by atoms with Crippen molar-refractivity contribution in [3.63, 3.8) is 0 Å². The average molecular weight is 520 g/mol. The van der Waals surface area contributed by atoms with Crippen molar-refractivity contribution in [3.05, 3.63) is 59.2 Å². The third-order valence-electron chi connectivity index (χ3n) is 7.35. The first kappa shape index (κ1) is 25.3. The maximum Gasteiger partial charge on any atom is 0.416 e. The number of amides is 2. The number of carbonyl (C=O) groups is 2. The fourth-order valence-electron chi connectivity index (χ4n) is 5.20. The van der Waals surface area contributed by atoms with Crippen molar-refractivity contribution in [2.45, 2.75) is 49.5 Å². The van der Waals surface area contributed by atoms with Gasteiger partial charge in [0.1, 0.15) is 0 Å². The van der Waals surface area contributed by atoms with Crippen LogP contribution in [-0.2, 0) is 16.6 Å². The lowest BCUT2D eigenvalue weighted by atomic mass is 9.76. The summed E-state index contributed by atoms with van der Waals surface area (Å²) in [4.78, 5) is 26.7. The van der Waals surface area contributed by atoms with Crippen molar-refractivity contribution in [1.82, 2.24) is 15.5 Å². The van der Waals surface area contributed by atoms with Crippen LogP contribution in [0.3, 0.4) is 0 Å². The summed E-state index contributed by atoms with van der Waals surface area (Å²) in [5.41, 5.74) is -1.16. The largest absolute Gasteiger partial charge is 0.454 e. The van der Waals surface area contributed by atoms with E-state index in [4.69, 9.17) is 9.47 Å². The fourth-order valence-corrected chi connectivity index (χ4v) is 5.20. The van der Waals surface area contributed by atoms with Crippen molar-refractivity contribution in [2.75, 3.05) is 26.4 Å². The Morgan fingerprint density at radius 1 is 1.05 bits per heavy atom. The van der Waals surface area contributed by atoms with Gasteiger partial charge in [0.25, 0.3) is 5.91 Å². The van der Waals surface area contributed by atoms with Gasteiger partial charge in [0.15, 0.2) is 11.5 Å². The Kier molecular flexibility index (Phi) is 6.76. The van der Waals surface area contributed by atoms with Crippen LogP contribution in [0.2, 0.25) is 0 Å². The number of aliphatic hydroxyl groups is 1. The highest BCUT2D eigenvalue weighted by atomic mass is 19.4. The van der Waals surface area contributed by atoms with E-state index in [0.717, 1.165) is 36.6 Å². The minimum Gasteiger partial charge on any atom is -0.454 e. The van der Waals surface area contributed by atoms with Crippen molar-refractivity contribution < 1.29 is 37.3 Å². The van der Waals surface area contributed by atoms with E-state index < -0.39 is 29.2 Å². The summed E-state index contributed by atoms with van der Waals surface area (Å²) in [5, 5.41) is 16.4. The number of nitrogens with one attached hydrogen (secondary N) is 2. The van der Waals surface area contributed by atoms with Crippen LogP contribution in [0.25, 0.3) is 0 Å². The van der Waals surface area contributed by atoms with E-state index in [2.05, 4.69) is 15.5 Å². The zero-order chi connectivity index (χ0) is 26.2. The number of hydrogen-bond acceptors (Lipinski definition) is 6.